The van der Waals surface area contributed by atoms with Gasteiger partial charge in [0.05, 0.1) is 23.6 Å². The predicted octanol–water partition coefficient (Wildman–Crippen LogP) is 5.15. The van der Waals surface area contributed by atoms with Crippen LogP contribution in [0, 0.1) is 11.8 Å². The molecule has 0 aliphatic carbocycles. The second kappa shape index (κ2) is 8.71. The molecule has 2 saturated heterocycles. The number of Topliss-reactive ketones (excluding diaryl/α,β-unsaturated/α-hetero) is 1. The van der Waals surface area contributed by atoms with Crippen LogP contribution < -0.4 is 19.3 Å². The monoisotopic (exact) mass is 590 g/mol. The molecule has 0 aromatic heterocycles. The Hall–Kier alpha value is -3.62. The quantitative estimate of drug-likeness (QED) is 0.310. The highest BCUT2D eigenvalue weighted by Gasteiger charge is 2.64. The molecule has 38 heavy (non-hydrogen) atoms. The van der Waals surface area contributed by atoms with Gasteiger partial charge >= 0.3 is 0 Å². The number of ether oxygens (including phenoxy) is 2. The zero-order chi connectivity index (χ0) is 26.1. The van der Waals surface area contributed by atoms with Crippen molar-refractivity contribution >= 4 is 62.6 Å². The van der Waals surface area contributed by atoms with Crippen molar-refractivity contribution in [1.82, 2.24) is 0 Å². The summed E-state index contributed by atoms with van der Waals surface area (Å²) in [6.45, 7) is 0.824. The Balaban J connectivity index is 1.35. The Morgan fingerprint density at radius 2 is 1.63 bits per heavy atom. The number of carbonyl (C=O) groups excluding carboxylic acids is 3. The lowest BCUT2D eigenvalue weighted by molar-refractivity contribution is -0.122. The lowest BCUT2D eigenvalue weighted by Gasteiger charge is -2.36. The fourth-order valence-electron chi connectivity index (χ4n) is 6.04. The zero-order valence-corrected chi connectivity index (χ0v) is 22.2. The lowest BCUT2D eigenvalue weighted by atomic mass is 9.86. The number of ketones is 1. The number of carbonyl (C=O) groups is 3. The molecule has 0 unspecified atom stereocenters. The molecule has 0 saturated carbocycles. The number of imide groups is 1. The van der Waals surface area contributed by atoms with Crippen LogP contribution in [0.1, 0.15) is 15.9 Å². The van der Waals surface area contributed by atoms with Crippen LogP contribution >= 0.6 is 27.5 Å². The average Bonchev–Trinajstić information content (AvgIpc) is 3.41. The maximum atomic E-state index is 14.1. The molecule has 9 heteroatoms. The van der Waals surface area contributed by atoms with E-state index in [9.17, 15) is 14.4 Å². The van der Waals surface area contributed by atoms with Crippen LogP contribution in [-0.4, -0.2) is 42.9 Å². The van der Waals surface area contributed by atoms with Gasteiger partial charge in [0.15, 0.2) is 17.3 Å². The van der Waals surface area contributed by atoms with Crippen LogP contribution in [0.2, 0.25) is 5.02 Å². The molecule has 3 aromatic rings. The smallest absolute Gasteiger partial charge is 0.240 e. The van der Waals surface area contributed by atoms with E-state index < -0.39 is 29.8 Å². The van der Waals surface area contributed by atoms with Crippen molar-refractivity contribution < 1.29 is 23.9 Å². The van der Waals surface area contributed by atoms with E-state index in [2.05, 4.69) is 15.9 Å². The Labute approximate surface area is 231 Å². The topological polar surface area (TPSA) is 76.1 Å². The van der Waals surface area contributed by atoms with Gasteiger partial charge in [0.1, 0.15) is 19.3 Å². The van der Waals surface area contributed by atoms with Crippen LogP contribution in [0.3, 0.4) is 0 Å². The molecular formula is C29H20BrClN2O5. The first-order chi connectivity index (χ1) is 18.4. The maximum Gasteiger partial charge on any atom is 0.240 e. The largest absolute Gasteiger partial charge is 0.486 e. The van der Waals surface area contributed by atoms with Gasteiger partial charge in [-0.05, 0) is 42.0 Å². The molecule has 2 fully saturated rings. The minimum atomic E-state index is -0.882. The van der Waals surface area contributed by atoms with Crippen molar-refractivity contribution in [3.05, 3.63) is 87.4 Å². The van der Waals surface area contributed by atoms with Crippen LogP contribution in [0.5, 0.6) is 11.5 Å². The van der Waals surface area contributed by atoms with Gasteiger partial charge in [-0.15, -0.1) is 0 Å². The van der Waals surface area contributed by atoms with E-state index in [-0.39, 0.29) is 11.7 Å². The fourth-order valence-corrected chi connectivity index (χ4v) is 6.47. The molecule has 0 radical (unpaired) electrons. The molecule has 4 heterocycles. The molecule has 4 aliphatic rings. The number of halogens is 2. The summed E-state index contributed by atoms with van der Waals surface area (Å²) in [6, 6.07) is 16.2. The van der Waals surface area contributed by atoms with Crippen molar-refractivity contribution in [2.75, 3.05) is 23.0 Å². The van der Waals surface area contributed by atoms with E-state index >= 15 is 0 Å². The number of fused-ring (bicyclic) bond motifs is 6. The Kier molecular flexibility index (Phi) is 5.39. The third kappa shape index (κ3) is 3.43. The molecule has 7 nitrogen and oxygen atoms in total. The van der Waals surface area contributed by atoms with E-state index in [1.54, 1.807) is 54.6 Å². The van der Waals surface area contributed by atoms with Gasteiger partial charge in [0.25, 0.3) is 0 Å². The van der Waals surface area contributed by atoms with Gasteiger partial charge in [0.2, 0.25) is 11.8 Å². The van der Waals surface area contributed by atoms with Crippen LogP contribution in [0.15, 0.2) is 71.2 Å². The van der Waals surface area contributed by atoms with Crippen molar-refractivity contribution in [3.8, 4) is 11.5 Å². The highest BCUT2D eigenvalue weighted by molar-refractivity contribution is 9.10. The number of anilines is 2. The summed E-state index contributed by atoms with van der Waals surface area (Å²) in [4.78, 5) is 45.3. The Morgan fingerprint density at radius 1 is 0.895 bits per heavy atom. The average molecular weight is 592 g/mol. The highest BCUT2D eigenvalue weighted by atomic mass is 79.9. The first-order valence-corrected chi connectivity index (χ1v) is 13.4. The molecular weight excluding hydrogens is 572 g/mol. The lowest BCUT2D eigenvalue weighted by Crippen LogP contribution is -2.48. The van der Waals surface area contributed by atoms with Crippen molar-refractivity contribution in [1.29, 1.82) is 0 Å². The first kappa shape index (κ1) is 23.5. The second-order valence-electron chi connectivity index (χ2n) is 9.67. The van der Waals surface area contributed by atoms with E-state index in [1.165, 1.54) is 4.90 Å². The van der Waals surface area contributed by atoms with Crippen molar-refractivity contribution in [3.63, 3.8) is 0 Å². The predicted molar refractivity (Wildman–Crippen MR) is 146 cm³/mol. The molecule has 7 rings (SSSR count). The highest BCUT2D eigenvalue weighted by Crippen LogP contribution is 2.50. The number of rotatable bonds is 3. The minimum absolute atomic E-state index is 0.221. The standard InChI is InChI=1S/C29H20BrClN2O5/c30-17-5-1-16(2-6-17)27(34)26-25-24(20-9-4-15-3-7-18(31)13-21(15)33(20)26)28(35)32(29(25)36)19-8-10-22-23(14-19)38-12-11-37-22/h1-10,13-14,20,24-26H,11-12H2/t20-,24+,25+,26-/m0/s1. The summed E-state index contributed by atoms with van der Waals surface area (Å²) >= 11 is 9.78. The molecule has 190 valence electrons. The van der Waals surface area contributed by atoms with E-state index in [0.29, 0.717) is 41.0 Å². The Morgan fingerprint density at radius 3 is 2.42 bits per heavy atom. The SMILES string of the molecule is O=C(c1ccc(Br)cc1)[C@@H]1[C@@H]2C(=O)N(c3ccc4c(c3)OCCO4)C(=O)[C@@H]2[C@@H]2C=Cc3ccc(Cl)cc3N12. The van der Waals surface area contributed by atoms with Gasteiger partial charge in [-0.25, -0.2) is 4.90 Å². The number of nitrogens with zero attached hydrogens (tertiary/aromatic N) is 2. The second-order valence-corrected chi connectivity index (χ2v) is 11.0. The number of hydrogen-bond donors (Lipinski definition) is 0. The summed E-state index contributed by atoms with van der Waals surface area (Å²) in [5.41, 5.74) is 2.49. The van der Waals surface area contributed by atoms with Crippen molar-refractivity contribution in [2.45, 2.75) is 12.1 Å². The molecule has 0 bridgehead atoms. The molecule has 2 amide bonds. The minimum Gasteiger partial charge on any atom is -0.486 e. The summed E-state index contributed by atoms with van der Waals surface area (Å²) in [5.74, 6) is -1.52. The first-order valence-electron chi connectivity index (χ1n) is 12.3. The zero-order valence-electron chi connectivity index (χ0n) is 19.8. The van der Waals surface area contributed by atoms with E-state index in [0.717, 1.165) is 15.7 Å². The molecule has 0 spiro atoms. The molecule has 4 atom stereocenters. The molecule has 3 aromatic carbocycles. The van der Waals surface area contributed by atoms with Gasteiger partial charge in [0, 0.05) is 26.8 Å². The van der Waals surface area contributed by atoms with Gasteiger partial charge in [-0.2, -0.15) is 0 Å². The summed E-state index contributed by atoms with van der Waals surface area (Å²) in [5, 5.41) is 0.514. The third-order valence-corrected chi connectivity index (χ3v) is 8.42. The summed E-state index contributed by atoms with van der Waals surface area (Å²) in [6.07, 6.45) is 3.85. The summed E-state index contributed by atoms with van der Waals surface area (Å²) in [7, 11) is 0. The van der Waals surface area contributed by atoms with Gasteiger partial charge < -0.3 is 14.4 Å². The molecule has 0 N–H and O–H groups in total. The summed E-state index contributed by atoms with van der Waals surface area (Å²) < 4.78 is 12.1. The maximum absolute atomic E-state index is 14.1. The fraction of sp³-hybridized carbons (Fsp3) is 0.207. The number of amides is 2. The Bertz CT molecular complexity index is 1560. The third-order valence-electron chi connectivity index (χ3n) is 7.65. The van der Waals surface area contributed by atoms with Crippen LogP contribution in [0.4, 0.5) is 11.4 Å². The van der Waals surface area contributed by atoms with Crippen molar-refractivity contribution in [2.24, 2.45) is 11.8 Å². The number of benzene rings is 3. The van der Waals surface area contributed by atoms with Gasteiger partial charge in [-0.3, -0.25) is 14.4 Å². The van der Waals surface area contributed by atoms with Gasteiger partial charge in [-0.1, -0.05) is 57.9 Å². The molecule has 4 aliphatic heterocycles. The van der Waals surface area contributed by atoms with E-state index in [4.69, 9.17) is 21.1 Å². The van der Waals surface area contributed by atoms with E-state index in [1.807, 2.05) is 23.1 Å². The number of hydrogen-bond acceptors (Lipinski definition) is 6. The van der Waals surface area contributed by atoms with Crippen LogP contribution in [-0.2, 0) is 9.59 Å². The van der Waals surface area contributed by atoms with Crippen LogP contribution in [0.25, 0.3) is 6.08 Å². The normalized spacial score (nSPS) is 24.8.